The predicted molar refractivity (Wildman–Crippen MR) is 91.1 cm³/mol. The molecule has 0 amide bonds. The molecule has 0 unspecified atom stereocenters. The van der Waals surface area contributed by atoms with E-state index < -0.39 is 0 Å². The van der Waals surface area contributed by atoms with Gasteiger partial charge in [-0.1, -0.05) is 42.5 Å². The second-order valence-corrected chi connectivity index (χ2v) is 7.70. The highest BCUT2D eigenvalue weighted by Gasteiger charge is 2.59. The Balaban J connectivity index is 1.60. The standard InChI is InChI=1S/C19H23BO2/c1-18(2)19(3,4)22-20(21-18)17-12-16(17)15-11-7-9-13-8-5-6-10-14(13)15/h5-11,16-17H,12H2,1-4H3/t16-,17+/m0/s1. The highest BCUT2D eigenvalue weighted by Crippen LogP contribution is 2.59. The topological polar surface area (TPSA) is 18.5 Å². The van der Waals surface area contributed by atoms with Gasteiger partial charge in [-0.2, -0.15) is 0 Å². The summed E-state index contributed by atoms with van der Waals surface area (Å²) in [5.41, 5.74) is 0.977. The fourth-order valence-electron chi connectivity index (χ4n) is 3.51. The molecule has 0 N–H and O–H groups in total. The molecule has 3 heteroatoms. The molecule has 1 aliphatic heterocycles. The predicted octanol–water partition coefficient (Wildman–Crippen LogP) is 4.79. The lowest BCUT2D eigenvalue weighted by Crippen LogP contribution is -2.41. The molecule has 1 saturated heterocycles. The summed E-state index contributed by atoms with van der Waals surface area (Å²) in [6.45, 7) is 8.51. The monoisotopic (exact) mass is 294 g/mol. The van der Waals surface area contributed by atoms with Crippen LogP contribution in [-0.4, -0.2) is 18.3 Å². The van der Waals surface area contributed by atoms with Crippen molar-refractivity contribution in [1.82, 2.24) is 0 Å². The van der Waals surface area contributed by atoms with Gasteiger partial charge in [-0.15, -0.1) is 0 Å². The first-order valence-corrected chi connectivity index (χ1v) is 8.22. The van der Waals surface area contributed by atoms with E-state index in [0.717, 1.165) is 6.42 Å². The molecule has 2 aromatic carbocycles. The van der Waals surface area contributed by atoms with E-state index in [1.807, 2.05) is 0 Å². The minimum absolute atomic E-state index is 0.0750. The molecule has 0 spiro atoms. The molecule has 0 radical (unpaired) electrons. The maximum atomic E-state index is 6.23. The highest BCUT2D eigenvalue weighted by molar-refractivity contribution is 6.49. The van der Waals surface area contributed by atoms with E-state index in [1.54, 1.807) is 0 Å². The van der Waals surface area contributed by atoms with Crippen LogP contribution in [0.2, 0.25) is 5.82 Å². The smallest absolute Gasteiger partial charge is 0.403 e. The molecule has 4 rings (SSSR count). The molecule has 0 aromatic heterocycles. The van der Waals surface area contributed by atoms with Crippen molar-refractivity contribution in [3.63, 3.8) is 0 Å². The zero-order chi connectivity index (χ0) is 15.5. The van der Waals surface area contributed by atoms with Gasteiger partial charge in [0.1, 0.15) is 0 Å². The minimum Gasteiger partial charge on any atom is -0.403 e. The SMILES string of the molecule is CC1(C)OB([C@@H]2C[C@H]2c2cccc3ccccc23)OC1(C)C. The lowest BCUT2D eigenvalue weighted by molar-refractivity contribution is 0.00578. The van der Waals surface area contributed by atoms with Crippen LogP contribution in [0.25, 0.3) is 10.8 Å². The van der Waals surface area contributed by atoms with Crippen molar-refractivity contribution >= 4 is 17.9 Å². The van der Waals surface area contributed by atoms with Gasteiger partial charge in [-0.3, -0.25) is 0 Å². The second-order valence-electron chi connectivity index (χ2n) is 7.70. The summed E-state index contributed by atoms with van der Waals surface area (Å²) in [4.78, 5) is 0. The maximum absolute atomic E-state index is 6.23. The number of benzene rings is 2. The molecule has 0 bridgehead atoms. The first-order valence-electron chi connectivity index (χ1n) is 8.22. The largest absolute Gasteiger partial charge is 0.461 e. The maximum Gasteiger partial charge on any atom is 0.461 e. The minimum atomic E-state index is -0.233. The van der Waals surface area contributed by atoms with Crippen molar-refractivity contribution < 1.29 is 9.31 Å². The molecule has 2 aliphatic rings. The van der Waals surface area contributed by atoms with E-state index in [-0.39, 0.29) is 18.3 Å². The summed E-state index contributed by atoms with van der Waals surface area (Å²) in [5.74, 6) is 1.03. The van der Waals surface area contributed by atoms with E-state index in [1.165, 1.54) is 16.3 Å². The Morgan fingerprint density at radius 1 is 0.909 bits per heavy atom. The lowest BCUT2D eigenvalue weighted by atomic mass is 9.79. The van der Waals surface area contributed by atoms with Gasteiger partial charge in [0.05, 0.1) is 11.2 Å². The Hall–Kier alpha value is -1.32. The van der Waals surface area contributed by atoms with Crippen molar-refractivity contribution in [2.24, 2.45) is 0 Å². The molecule has 1 saturated carbocycles. The molecular weight excluding hydrogens is 271 g/mol. The highest BCUT2D eigenvalue weighted by atomic mass is 16.7. The number of hydrogen-bond acceptors (Lipinski definition) is 2. The quantitative estimate of drug-likeness (QED) is 0.741. The third-order valence-corrected chi connectivity index (χ3v) is 5.68. The molecule has 1 aliphatic carbocycles. The van der Waals surface area contributed by atoms with Crippen molar-refractivity contribution in [2.75, 3.05) is 0 Å². The first kappa shape index (κ1) is 14.3. The molecule has 2 aromatic rings. The molecule has 2 fully saturated rings. The number of fused-ring (bicyclic) bond motifs is 1. The van der Waals surface area contributed by atoms with Crippen LogP contribution in [0.3, 0.4) is 0 Å². The Morgan fingerprint density at radius 2 is 1.55 bits per heavy atom. The normalized spacial score (nSPS) is 29.0. The summed E-state index contributed by atoms with van der Waals surface area (Å²) in [6, 6.07) is 15.2. The first-order chi connectivity index (χ1) is 10.4. The summed E-state index contributed by atoms with van der Waals surface area (Å²) >= 11 is 0. The van der Waals surface area contributed by atoms with Crippen LogP contribution in [0.5, 0.6) is 0 Å². The average molecular weight is 294 g/mol. The molecular formula is C19H23BO2. The van der Waals surface area contributed by atoms with E-state index in [9.17, 15) is 0 Å². The average Bonchev–Trinajstić information content (AvgIpc) is 3.21. The van der Waals surface area contributed by atoms with Crippen LogP contribution in [0, 0.1) is 0 Å². The third-order valence-electron chi connectivity index (χ3n) is 5.68. The van der Waals surface area contributed by atoms with Gasteiger partial charge in [0.15, 0.2) is 0 Å². The van der Waals surface area contributed by atoms with Crippen LogP contribution in [0.4, 0.5) is 0 Å². The molecule has 1 heterocycles. The zero-order valence-corrected chi connectivity index (χ0v) is 13.8. The van der Waals surface area contributed by atoms with Crippen LogP contribution in [-0.2, 0) is 9.31 Å². The van der Waals surface area contributed by atoms with Crippen molar-refractivity contribution in [3.05, 3.63) is 48.0 Å². The zero-order valence-electron chi connectivity index (χ0n) is 13.8. The van der Waals surface area contributed by atoms with Crippen LogP contribution < -0.4 is 0 Å². The number of rotatable bonds is 2. The van der Waals surface area contributed by atoms with Gasteiger partial charge in [0, 0.05) is 5.82 Å². The summed E-state index contributed by atoms with van der Waals surface area (Å²) < 4.78 is 12.5. The fourth-order valence-corrected chi connectivity index (χ4v) is 3.51. The van der Waals surface area contributed by atoms with Crippen molar-refractivity contribution in [3.8, 4) is 0 Å². The van der Waals surface area contributed by atoms with E-state index in [0.29, 0.717) is 11.7 Å². The van der Waals surface area contributed by atoms with E-state index >= 15 is 0 Å². The van der Waals surface area contributed by atoms with Gasteiger partial charge in [-0.05, 0) is 56.4 Å². The van der Waals surface area contributed by atoms with Crippen LogP contribution in [0.1, 0.15) is 45.6 Å². The van der Waals surface area contributed by atoms with Gasteiger partial charge in [0.2, 0.25) is 0 Å². The van der Waals surface area contributed by atoms with Crippen LogP contribution >= 0.6 is 0 Å². The Morgan fingerprint density at radius 3 is 2.27 bits per heavy atom. The fraction of sp³-hybridized carbons (Fsp3) is 0.474. The van der Waals surface area contributed by atoms with Gasteiger partial charge in [0.25, 0.3) is 0 Å². The van der Waals surface area contributed by atoms with Gasteiger partial charge >= 0.3 is 7.12 Å². The van der Waals surface area contributed by atoms with Crippen LogP contribution in [0.15, 0.2) is 42.5 Å². The van der Waals surface area contributed by atoms with E-state index in [2.05, 4.69) is 70.2 Å². The molecule has 2 nitrogen and oxygen atoms in total. The number of hydrogen-bond donors (Lipinski definition) is 0. The Labute approximate surface area is 133 Å². The Bertz CT molecular complexity index is 701. The summed E-state index contributed by atoms with van der Waals surface area (Å²) in [7, 11) is -0.0750. The van der Waals surface area contributed by atoms with Gasteiger partial charge in [-0.25, -0.2) is 0 Å². The van der Waals surface area contributed by atoms with Crippen molar-refractivity contribution in [1.29, 1.82) is 0 Å². The van der Waals surface area contributed by atoms with Gasteiger partial charge < -0.3 is 9.31 Å². The molecule has 22 heavy (non-hydrogen) atoms. The third kappa shape index (κ3) is 2.11. The summed E-state index contributed by atoms with van der Waals surface area (Å²) in [5, 5.41) is 2.69. The molecule has 2 atom stereocenters. The summed E-state index contributed by atoms with van der Waals surface area (Å²) in [6.07, 6.45) is 1.16. The van der Waals surface area contributed by atoms with Crippen molar-refractivity contribution in [2.45, 2.75) is 57.1 Å². The Kier molecular flexibility index (Phi) is 2.98. The lowest BCUT2D eigenvalue weighted by Gasteiger charge is -2.32. The second kappa shape index (κ2) is 4.59. The van der Waals surface area contributed by atoms with E-state index in [4.69, 9.17) is 9.31 Å². The molecule has 114 valence electrons.